The van der Waals surface area contributed by atoms with E-state index in [0.29, 0.717) is 24.1 Å². The number of urea groups is 1. The summed E-state index contributed by atoms with van der Waals surface area (Å²) in [4.78, 5) is 22.6. The monoisotopic (exact) mass is 268 g/mol. The van der Waals surface area contributed by atoms with Crippen molar-refractivity contribution >= 4 is 17.7 Å². The van der Waals surface area contributed by atoms with E-state index in [1.165, 1.54) is 18.2 Å². The van der Waals surface area contributed by atoms with Gasteiger partial charge in [0.1, 0.15) is 11.9 Å². The van der Waals surface area contributed by atoms with Gasteiger partial charge in [-0.3, -0.25) is 0 Å². The van der Waals surface area contributed by atoms with Gasteiger partial charge in [0.25, 0.3) is 0 Å². The molecule has 6 heteroatoms. The lowest BCUT2D eigenvalue weighted by molar-refractivity contribution is -0.139. The molecule has 1 aromatic carbocycles. The van der Waals surface area contributed by atoms with Crippen LogP contribution in [0.1, 0.15) is 25.3 Å². The molecular formula is C13H17FN2O3. The molecule has 1 unspecified atom stereocenters. The zero-order valence-corrected chi connectivity index (χ0v) is 10.9. The summed E-state index contributed by atoms with van der Waals surface area (Å²) in [5.74, 6) is -1.56. The van der Waals surface area contributed by atoms with E-state index in [2.05, 4.69) is 10.6 Å². The van der Waals surface area contributed by atoms with Crippen LogP contribution in [-0.4, -0.2) is 23.1 Å². The number of carbonyl (C=O) groups excluding carboxylic acids is 1. The summed E-state index contributed by atoms with van der Waals surface area (Å²) in [5.41, 5.74) is 1.01. The van der Waals surface area contributed by atoms with E-state index in [9.17, 15) is 14.0 Å². The van der Waals surface area contributed by atoms with Crippen LogP contribution in [0.3, 0.4) is 0 Å². The van der Waals surface area contributed by atoms with Crippen LogP contribution in [0.2, 0.25) is 0 Å². The zero-order chi connectivity index (χ0) is 14.4. The van der Waals surface area contributed by atoms with Crippen LogP contribution in [-0.2, 0) is 4.79 Å². The lowest BCUT2D eigenvalue weighted by Gasteiger charge is -2.15. The highest BCUT2D eigenvalue weighted by Gasteiger charge is 2.18. The van der Waals surface area contributed by atoms with Crippen LogP contribution in [0, 0.1) is 12.7 Å². The zero-order valence-electron chi connectivity index (χ0n) is 10.9. The molecule has 2 amide bonds. The van der Waals surface area contributed by atoms with Crippen molar-refractivity contribution in [3.8, 4) is 0 Å². The van der Waals surface area contributed by atoms with E-state index in [1.54, 1.807) is 6.92 Å². The fourth-order valence-corrected chi connectivity index (χ4v) is 1.59. The van der Waals surface area contributed by atoms with Gasteiger partial charge in [-0.1, -0.05) is 19.4 Å². The largest absolute Gasteiger partial charge is 0.480 e. The van der Waals surface area contributed by atoms with Crippen LogP contribution < -0.4 is 10.6 Å². The number of carboxylic acids is 1. The Balaban J connectivity index is 2.68. The number of hydrogen-bond donors (Lipinski definition) is 3. The van der Waals surface area contributed by atoms with Crippen LogP contribution in [0.25, 0.3) is 0 Å². The first-order valence-corrected chi connectivity index (χ1v) is 6.00. The third kappa shape index (κ3) is 4.57. The smallest absolute Gasteiger partial charge is 0.326 e. The summed E-state index contributed by atoms with van der Waals surface area (Å²) < 4.78 is 13.0. The molecule has 104 valence electrons. The van der Waals surface area contributed by atoms with E-state index in [0.717, 1.165) is 0 Å². The van der Waals surface area contributed by atoms with E-state index in [1.807, 2.05) is 6.92 Å². The second-order valence-corrected chi connectivity index (χ2v) is 4.24. The highest BCUT2D eigenvalue weighted by Crippen LogP contribution is 2.15. The minimum atomic E-state index is -1.09. The molecule has 0 aliphatic heterocycles. The molecular weight excluding hydrogens is 251 g/mol. The van der Waals surface area contributed by atoms with Crippen LogP contribution in [0.5, 0.6) is 0 Å². The standard InChI is InChI=1S/C13H17FN2O3/c1-3-4-10(12(17)18)15-13(19)16-11-7-9(14)6-5-8(11)2/h5-7,10H,3-4H2,1-2H3,(H,17,18)(H2,15,16,19). The highest BCUT2D eigenvalue weighted by atomic mass is 19.1. The molecule has 0 bridgehead atoms. The van der Waals surface area contributed by atoms with Gasteiger partial charge >= 0.3 is 12.0 Å². The number of carbonyl (C=O) groups is 2. The second-order valence-electron chi connectivity index (χ2n) is 4.24. The van der Waals surface area contributed by atoms with E-state index in [-0.39, 0.29) is 0 Å². The number of halogens is 1. The third-order valence-corrected chi connectivity index (χ3v) is 2.63. The lowest BCUT2D eigenvalue weighted by atomic mass is 10.1. The van der Waals surface area contributed by atoms with Crippen molar-refractivity contribution in [3.63, 3.8) is 0 Å². The molecule has 0 aliphatic carbocycles. The quantitative estimate of drug-likeness (QED) is 0.767. The van der Waals surface area contributed by atoms with Crippen molar-refractivity contribution in [2.45, 2.75) is 32.7 Å². The van der Waals surface area contributed by atoms with Gasteiger partial charge < -0.3 is 15.7 Å². The number of anilines is 1. The number of carboxylic acid groups (broad SMARTS) is 1. The fraction of sp³-hybridized carbons (Fsp3) is 0.385. The average molecular weight is 268 g/mol. The van der Waals surface area contributed by atoms with Gasteiger partial charge in [0.15, 0.2) is 0 Å². The Morgan fingerprint density at radius 1 is 1.42 bits per heavy atom. The van der Waals surface area contributed by atoms with Gasteiger partial charge in [-0.2, -0.15) is 0 Å². The summed E-state index contributed by atoms with van der Waals surface area (Å²) in [6.45, 7) is 3.54. The summed E-state index contributed by atoms with van der Waals surface area (Å²) in [6.07, 6.45) is 0.973. The molecule has 1 atom stereocenters. The first kappa shape index (κ1) is 14.9. The number of nitrogens with one attached hydrogen (secondary N) is 2. The molecule has 0 heterocycles. The molecule has 1 aromatic rings. The van der Waals surface area contributed by atoms with Crippen LogP contribution >= 0.6 is 0 Å². The predicted molar refractivity (Wildman–Crippen MR) is 69.6 cm³/mol. The molecule has 0 saturated carbocycles. The predicted octanol–water partition coefficient (Wildman–Crippen LogP) is 2.51. The Kier molecular flexibility index (Phi) is 5.29. The number of amides is 2. The van der Waals surface area contributed by atoms with Crippen molar-refractivity contribution < 1.29 is 19.1 Å². The van der Waals surface area contributed by atoms with Crippen LogP contribution in [0.4, 0.5) is 14.9 Å². The maximum absolute atomic E-state index is 13.0. The normalized spacial score (nSPS) is 11.7. The van der Waals surface area contributed by atoms with Crippen molar-refractivity contribution in [1.29, 1.82) is 0 Å². The molecule has 0 spiro atoms. The van der Waals surface area contributed by atoms with Gasteiger partial charge in [0.05, 0.1) is 0 Å². The van der Waals surface area contributed by atoms with Crippen molar-refractivity contribution in [2.75, 3.05) is 5.32 Å². The molecule has 0 fully saturated rings. The molecule has 5 nitrogen and oxygen atoms in total. The summed E-state index contributed by atoms with van der Waals surface area (Å²) in [6, 6.07) is 2.40. The molecule has 0 aromatic heterocycles. The maximum Gasteiger partial charge on any atom is 0.326 e. The number of aryl methyl sites for hydroxylation is 1. The van der Waals surface area contributed by atoms with Gasteiger partial charge in [-0.05, 0) is 31.0 Å². The van der Waals surface area contributed by atoms with Crippen LogP contribution in [0.15, 0.2) is 18.2 Å². The van der Waals surface area contributed by atoms with E-state index in [4.69, 9.17) is 5.11 Å². The summed E-state index contributed by atoms with van der Waals surface area (Å²) >= 11 is 0. The minimum absolute atomic E-state index is 0.318. The Hall–Kier alpha value is -2.11. The van der Waals surface area contributed by atoms with Crippen molar-refractivity contribution in [1.82, 2.24) is 5.32 Å². The molecule has 0 radical (unpaired) electrons. The SMILES string of the molecule is CCCC(NC(=O)Nc1cc(F)ccc1C)C(=O)O. The first-order valence-electron chi connectivity index (χ1n) is 6.00. The Labute approximate surface area is 110 Å². The molecule has 19 heavy (non-hydrogen) atoms. The molecule has 0 aliphatic rings. The maximum atomic E-state index is 13.0. The average Bonchev–Trinajstić information content (AvgIpc) is 2.33. The van der Waals surface area contributed by atoms with Crippen molar-refractivity contribution in [2.24, 2.45) is 0 Å². The first-order chi connectivity index (χ1) is 8.93. The van der Waals surface area contributed by atoms with Gasteiger partial charge in [-0.15, -0.1) is 0 Å². The van der Waals surface area contributed by atoms with Gasteiger partial charge in [0, 0.05) is 5.69 Å². The van der Waals surface area contributed by atoms with E-state index < -0.39 is 23.9 Å². The summed E-state index contributed by atoms with van der Waals surface area (Å²) in [5, 5.41) is 13.7. The Bertz CT molecular complexity index is 477. The molecule has 1 rings (SSSR count). The topological polar surface area (TPSA) is 78.4 Å². The summed E-state index contributed by atoms with van der Waals surface area (Å²) in [7, 11) is 0. The highest BCUT2D eigenvalue weighted by molar-refractivity contribution is 5.92. The number of rotatable bonds is 5. The Morgan fingerprint density at radius 3 is 2.68 bits per heavy atom. The number of aliphatic carboxylic acids is 1. The fourth-order valence-electron chi connectivity index (χ4n) is 1.59. The minimum Gasteiger partial charge on any atom is -0.480 e. The number of hydrogen-bond acceptors (Lipinski definition) is 2. The molecule has 3 N–H and O–H groups in total. The van der Waals surface area contributed by atoms with Crippen molar-refractivity contribution in [3.05, 3.63) is 29.6 Å². The number of benzene rings is 1. The van der Waals surface area contributed by atoms with Gasteiger partial charge in [0.2, 0.25) is 0 Å². The molecule has 0 saturated heterocycles. The van der Waals surface area contributed by atoms with Gasteiger partial charge in [-0.25, -0.2) is 14.0 Å². The lowest BCUT2D eigenvalue weighted by Crippen LogP contribution is -2.43. The Morgan fingerprint density at radius 2 is 2.11 bits per heavy atom. The third-order valence-electron chi connectivity index (χ3n) is 2.63. The second kappa shape index (κ2) is 6.72. The van der Waals surface area contributed by atoms with E-state index >= 15 is 0 Å².